The summed E-state index contributed by atoms with van der Waals surface area (Å²) in [5.41, 5.74) is 1.74. The quantitative estimate of drug-likeness (QED) is 0.695. The predicted octanol–water partition coefficient (Wildman–Crippen LogP) is 2.55. The largest absolute Gasteiger partial charge is 0.311 e. The lowest BCUT2D eigenvalue weighted by molar-refractivity contribution is 1.39. The van der Waals surface area contributed by atoms with Crippen molar-refractivity contribution >= 4 is 33.2 Å². The molecule has 0 saturated carbocycles. The maximum absolute atomic E-state index is 11.0. The minimum atomic E-state index is -0.0579. The highest BCUT2D eigenvalue weighted by Gasteiger charge is 2.04. The molecule has 2 rings (SSSR count). The fourth-order valence-electron chi connectivity index (χ4n) is 1.09. The first kappa shape index (κ1) is 7.83. The van der Waals surface area contributed by atoms with Gasteiger partial charge in [-0.15, -0.1) is 0 Å². The maximum atomic E-state index is 11.0. The number of hydrogen-bond donors (Lipinski definition) is 1. The van der Waals surface area contributed by atoms with E-state index in [-0.39, 0.29) is 4.87 Å². The molecule has 0 amide bonds. The number of H-pyrrole nitrogens is 1. The summed E-state index contributed by atoms with van der Waals surface area (Å²) >= 11 is 7.16. The Kier molecular flexibility index (Phi) is 1.70. The van der Waals surface area contributed by atoms with Crippen LogP contribution in [0.2, 0.25) is 5.02 Å². The Morgan fingerprint density at radius 2 is 2.25 bits per heavy atom. The lowest BCUT2D eigenvalue weighted by Gasteiger charge is -1.96. The molecule has 1 N–H and O–H groups in total. The topological polar surface area (TPSA) is 32.9 Å². The van der Waals surface area contributed by atoms with E-state index in [1.54, 1.807) is 0 Å². The minimum Gasteiger partial charge on any atom is -0.311 e. The third kappa shape index (κ3) is 1.06. The summed E-state index contributed by atoms with van der Waals surface area (Å²) in [4.78, 5) is 13.6. The van der Waals surface area contributed by atoms with Gasteiger partial charge in [-0.25, -0.2) is 0 Å². The second-order valence-electron chi connectivity index (χ2n) is 2.58. The summed E-state index contributed by atoms with van der Waals surface area (Å²) in [5, 5.41) is 0.644. The van der Waals surface area contributed by atoms with Gasteiger partial charge in [0.05, 0.1) is 15.2 Å². The van der Waals surface area contributed by atoms with Gasteiger partial charge in [0.2, 0.25) is 0 Å². The molecule has 0 aliphatic carbocycles. The van der Waals surface area contributed by atoms with Crippen LogP contribution >= 0.6 is 22.9 Å². The number of aryl methyl sites for hydroxylation is 1. The molecule has 0 aliphatic heterocycles. The van der Waals surface area contributed by atoms with Crippen molar-refractivity contribution in [1.82, 2.24) is 4.98 Å². The normalized spacial score (nSPS) is 10.8. The van der Waals surface area contributed by atoms with Crippen molar-refractivity contribution < 1.29 is 0 Å². The van der Waals surface area contributed by atoms with E-state index in [2.05, 4.69) is 4.98 Å². The fraction of sp³-hybridized carbons (Fsp3) is 0.125. The summed E-state index contributed by atoms with van der Waals surface area (Å²) < 4.78 is 0.913. The molecule has 0 saturated heterocycles. The molecule has 62 valence electrons. The Hall–Kier alpha value is -0.800. The number of nitrogens with one attached hydrogen (secondary N) is 1. The highest BCUT2D eigenvalue weighted by atomic mass is 35.5. The van der Waals surface area contributed by atoms with Crippen LogP contribution in [0.3, 0.4) is 0 Å². The second kappa shape index (κ2) is 2.61. The van der Waals surface area contributed by atoms with Gasteiger partial charge in [-0.05, 0) is 18.6 Å². The zero-order chi connectivity index (χ0) is 8.72. The first-order valence-electron chi connectivity index (χ1n) is 3.46. The van der Waals surface area contributed by atoms with Crippen molar-refractivity contribution in [2.75, 3.05) is 0 Å². The Morgan fingerprint density at radius 3 is 3.00 bits per heavy atom. The number of thiazole rings is 1. The first-order chi connectivity index (χ1) is 5.68. The zero-order valence-electron chi connectivity index (χ0n) is 6.35. The van der Waals surface area contributed by atoms with E-state index in [1.807, 2.05) is 19.1 Å². The third-order valence-corrected chi connectivity index (χ3v) is 3.06. The van der Waals surface area contributed by atoms with Gasteiger partial charge in [0.25, 0.3) is 0 Å². The smallest absolute Gasteiger partial charge is 0.305 e. The molecular formula is C8H6ClNOS. The van der Waals surface area contributed by atoms with E-state index in [4.69, 9.17) is 11.6 Å². The van der Waals surface area contributed by atoms with E-state index in [9.17, 15) is 4.79 Å². The molecule has 0 aliphatic rings. The van der Waals surface area contributed by atoms with Crippen molar-refractivity contribution in [3.05, 3.63) is 32.4 Å². The van der Waals surface area contributed by atoms with Gasteiger partial charge in [-0.1, -0.05) is 29.0 Å². The fourth-order valence-corrected chi connectivity index (χ4v) is 2.10. The molecule has 0 spiro atoms. The van der Waals surface area contributed by atoms with E-state index in [0.717, 1.165) is 15.8 Å². The molecule has 4 heteroatoms. The zero-order valence-corrected chi connectivity index (χ0v) is 7.92. The Bertz CT molecular complexity index is 485. The lowest BCUT2D eigenvalue weighted by Crippen LogP contribution is -1.90. The van der Waals surface area contributed by atoms with Gasteiger partial charge in [0.15, 0.2) is 0 Å². The van der Waals surface area contributed by atoms with E-state index < -0.39 is 0 Å². The van der Waals surface area contributed by atoms with Gasteiger partial charge >= 0.3 is 4.87 Å². The molecular weight excluding hydrogens is 194 g/mol. The molecule has 1 aromatic heterocycles. The van der Waals surface area contributed by atoms with Crippen LogP contribution in [0.1, 0.15) is 5.56 Å². The molecule has 0 bridgehead atoms. The molecule has 12 heavy (non-hydrogen) atoms. The standard InChI is InChI=1S/C8H6ClNOS/c1-4-2-3-5-7(6(4)9)10-8(11)12-5/h2-3H,1H3,(H,10,11). The van der Waals surface area contributed by atoms with Gasteiger partial charge in [0, 0.05) is 0 Å². The van der Waals surface area contributed by atoms with Crippen molar-refractivity contribution in [3.63, 3.8) is 0 Å². The third-order valence-electron chi connectivity index (χ3n) is 1.73. The molecule has 0 fully saturated rings. The van der Waals surface area contributed by atoms with Gasteiger partial charge < -0.3 is 4.98 Å². The first-order valence-corrected chi connectivity index (χ1v) is 4.66. The highest BCUT2D eigenvalue weighted by Crippen LogP contribution is 2.25. The van der Waals surface area contributed by atoms with Crippen LogP contribution in [0.4, 0.5) is 0 Å². The van der Waals surface area contributed by atoms with Gasteiger partial charge in [0.1, 0.15) is 0 Å². The molecule has 2 nitrogen and oxygen atoms in total. The molecule has 1 heterocycles. The van der Waals surface area contributed by atoms with E-state index in [1.165, 1.54) is 11.3 Å². The number of rotatable bonds is 0. The van der Waals surface area contributed by atoms with E-state index in [0.29, 0.717) is 5.02 Å². The van der Waals surface area contributed by atoms with Crippen LogP contribution in [0, 0.1) is 6.92 Å². The number of aromatic nitrogens is 1. The lowest BCUT2D eigenvalue weighted by atomic mass is 10.2. The molecule has 0 atom stereocenters. The summed E-state index contributed by atoms with van der Waals surface area (Å²) in [5.74, 6) is 0. The van der Waals surface area contributed by atoms with Crippen LogP contribution in [-0.2, 0) is 0 Å². The summed E-state index contributed by atoms with van der Waals surface area (Å²) in [6.07, 6.45) is 0. The Balaban J connectivity index is 2.99. The average molecular weight is 200 g/mol. The number of halogens is 1. The van der Waals surface area contributed by atoms with Crippen LogP contribution in [0.25, 0.3) is 10.2 Å². The second-order valence-corrected chi connectivity index (χ2v) is 3.98. The SMILES string of the molecule is Cc1ccc2sc(=O)[nH]c2c1Cl. The number of hydrogen-bond acceptors (Lipinski definition) is 2. The number of benzene rings is 1. The van der Waals surface area contributed by atoms with Crippen molar-refractivity contribution in [2.24, 2.45) is 0 Å². The summed E-state index contributed by atoms with van der Waals surface area (Å²) in [7, 11) is 0. The Morgan fingerprint density at radius 1 is 1.50 bits per heavy atom. The number of aromatic amines is 1. The minimum absolute atomic E-state index is 0.0579. The van der Waals surface area contributed by atoms with Crippen LogP contribution in [0.5, 0.6) is 0 Å². The molecule has 0 radical (unpaired) electrons. The molecule has 1 aromatic carbocycles. The van der Waals surface area contributed by atoms with Gasteiger partial charge in [-0.3, -0.25) is 4.79 Å². The highest BCUT2D eigenvalue weighted by molar-refractivity contribution is 7.16. The van der Waals surface area contributed by atoms with Crippen LogP contribution < -0.4 is 4.87 Å². The summed E-state index contributed by atoms with van der Waals surface area (Å²) in [6.45, 7) is 1.91. The van der Waals surface area contributed by atoms with E-state index >= 15 is 0 Å². The van der Waals surface area contributed by atoms with Crippen molar-refractivity contribution in [2.45, 2.75) is 6.92 Å². The van der Waals surface area contributed by atoms with Gasteiger partial charge in [-0.2, -0.15) is 0 Å². The maximum Gasteiger partial charge on any atom is 0.305 e. The molecule has 2 aromatic rings. The number of fused-ring (bicyclic) bond motifs is 1. The van der Waals surface area contributed by atoms with Crippen LogP contribution in [0.15, 0.2) is 16.9 Å². The van der Waals surface area contributed by atoms with Crippen molar-refractivity contribution in [1.29, 1.82) is 0 Å². The average Bonchev–Trinajstić information content (AvgIpc) is 2.39. The Labute approximate surface area is 77.8 Å². The predicted molar refractivity (Wildman–Crippen MR) is 52.2 cm³/mol. The molecule has 0 unspecified atom stereocenters. The van der Waals surface area contributed by atoms with Crippen molar-refractivity contribution in [3.8, 4) is 0 Å². The van der Waals surface area contributed by atoms with Crippen LogP contribution in [-0.4, -0.2) is 4.98 Å². The monoisotopic (exact) mass is 199 g/mol. The summed E-state index contributed by atoms with van der Waals surface area (Å²) in [6, 6.07) is 3.81.